The first-order chi connectivity index (χ1) is 2.41. The van der Waals surface area contributed by atoms with Crippen molar-refractivity contribution in [2.75, 3.05) is 0 Å². The fourth-order valence-electron chi connectivity index (χ4n) is 0.0136. The number of rotatable bonds is 1. The van der Waals surface area contributed by atoms with E-state index in [4.69, 9.17) is 10.4 Å². The van der Waals surface area contributed by atoms with E-state index in [-0.39, 0.29) is 12.0 Å². The normalized spacial score (nSPS) is 8.80. The molecule has 28 valence electrons. The maximum absolute atomic E-state index is 4.70. The van der Waals surface area contributed by atoms with E-state index in [1.165, 1.54) is 8.08 Å². The molecule has 0 aromatic rings. The van der Waals surface area contributed by atoms with Gasteiger partial charge in [0.2, 0.25) is 0 Å². The van der Waals surface area contributed by atoms with Crippen LogP contribution in [0.15, 0.2) is 0 Å². The molecule has 0 spiro atoms. The fraction of sp³-hybridized carbons (Fsp3) is 0. The van der Waals surface area contributed by atoms with Gasteiger partial charge in [0.15, 0.2) is 0 Å². The molecule has 5 heteroatoms. The van der Waals surface area contributed by atoms with Gasteiger partial charge in [0.25, 0.3) is 0 Å². The van der Waals surface area contributed by atoms with Crippen LogP contribution in [-0.2, 0) is 19.3 Å². The Hall–Kier alpha value is 1.78. The fourth-order valence-corrected chi connectivity index (χ4v) is 9.92. The summed E-state index contributed by atoms with van der Waals surface area (Å²) >= 11 is 5.20. The van der Waals surface area contributed by atoms with Crippen molar-refractivity contribution < 1.29 is 0 Å². The molecule has 0 aromatic carbocycles. The second kappa shape index (κ2) is 5.78. The van der Waals surface area contributed by atoms with Crippen LogP contribution in [0.25, 0.3) is 0 Å². The summed E-state index contributed by atoms with van der Waals surface area (Å²) in [5, 5.41) is 0. The van der Waals surface area contributed by atoms with Crippen LogP contribution in [0.3, 0.4) is 0 Å². The molecule has 0 radical (unpaired) electrons. The van der Waals surface area contributed by atoms with E-state index in [2.05, 4.69) is 11.2 Å². The Bertz CT molecular complexity index is 69.0. The molecule has 0 saturated heterocycles. The van der Waals surface area contributed by atoms with Crippen LogP contribution in [0.1, 0.15) is 0 Å². The second-order valence-corrected chi connectivity index (χ2v) is 16.7. The van der Waals surface area contributed by atoms with Gasteiger partial charge in [-0.1, -0.05) is 0 Å². The third-order valence-electron chi connectivity index (χ3n) is 0.0667. The third kappa shape index (κ3) is 5.78. The van der Waals surface area contributed by atoms with Crippen molar-refractivity contribution in [3.8, 4) is 0 Å². The predicted molar refractivity (Wildman–Crippen MR) is 33.8 cm³/mol. The van der Waals surface area contributed by atoms with Gasteiger partial charge in [-0.05, 0) is 0 Å². The van der Waals surface area contributed by atoms with E-state index in [0.29, 0.717) is 12.0 Å². The minimum atomic E-state index is 0.252. The zero-order valence-electron chi connectivity index (χ0n) is 2.12. The summed E-state index contributed by atoms with van der Waals surface area (Å²) in [6.07, 6.45) is 0. The van der Waals surface area contributed by atoms with E-state index in [9.17, 15) is 0 Å². The topological polar surface area (TPSA) is 0 Å². The van der Waals surface area contributed by atoms with Gasteiger partial charge >= 0.3 is 53.7 Å². The first-order valence-electron chi connectivity index (χ1n) is 0.732. The van der Waals surface area contributed by atoms with Crippen molar-refractivity contribution in [2.24, 2.45) is 0 Å². The molecule has 0 unspecified atom stereocenters. The SMILES string of the molecule is S=S=[As][As]=S. The van der Waals surface area contributed by atoms with Gasteiger partial charge in [-0.15, -0.1) is 0 Å². The van der Waals surface area contributed by atoms with Crippen LogP contribution < -0.4 is 0 Å². The monoisotopic (exact) mass is 246 g/mol. The van der Waals surface area contributed by atoms with Gasteiger partial charge in [0.1, 0.15) is 0 Å². The van der Waals surface area contributed by atoms with Crippen molar-refractivity contribution in [3.05, 3.63) is 0 Å². The Morgan fingerprint density at radius 2 is 2.20 bits per heavy atom. The molecular weight excluding hydrogens is 246 g/mol. The van der Waals surface area contributed by atoms with Crippen LogP contribution in [0.4, 0.5) is 0 Å². The zero-order valence-corrected chi connectivity index (χ0v) is 8.32. The molecule has 0 bridgehead atoms. The number of hydrogen-bond acceptors (Lipinski definition) is 2. The summed E-state index contributed by atoms with van der Waals surface area (Å²) in [5.41, 5.74) is 0. The van der Waals surface area contributed by atoms with Crippen molar-refractivity contribution in [3.63, 3.8) is 0 Å². The average Bonchev–Trinajstić information content (AvgIpc) is 1.41. The van der Waals surface area contributed by atoms with Gasteiger partial charge < -0.3 is 0 Å². The van der Waals surface area contributed by atoms with Crippen molar-refractivity contribution in [1.29, 1.82) is 0 Å². The van der Waals surface area contributed by atoms with Crippen molar-refractivity contribution >= 4 is 53.7 Å². The van der Waals surface area contributed by atoms with Crippen LogP contribution >= 0.6 is 10.4 Å². The van der Waals surface area contributed by atoms with Gasteiger partial charge in [0, 0.05) is 0 Å². The quantitative estimate of drug-likeness (QED) is 0.592. The van der Waals surface area contributed by atoms with Crippen LogP contribution in [0.2, 0.25) is 0 Å². The van der Waals surface area contributed by atoms with Crippen LogP contribution in [0, 0.1) is 0 Å². The Morgan fingerprint density at radius 3 is 2.20 bits per heavy atom. The summed E-state index contributed by atoms with van der Waals surface area (Å²) in [7, 11) is 6.22. The summed E-state index contributed by atoms with van der Waals surface area (Å²) in [5.74, 6) is 0. The third-order valence-corrected chi connectivity index (χ3v) is 16.2. The summed E-state index contributed by atoms with van der Waals surface area (Å²) in [4.78, 5) is 0. The molecular formula is As2S3. The minimum absolute atomic E-state index is 0.252. The number of hydrogen-bond donors (Lipinski definition) is 0. The van der Waals surface area contributed by atoms with Gasteiger partial charge in [-0.3, -0.25) is 0 Å². The zero-order chi connectivity index (χ0) is 4.12. The Kier molecular flexibility index (Phi) is 7.83. The Morgan fingerprint density at radius 1 is 1.60 bits per heavy atom. The second-order valence-electron chi connectivity index (χ2n) is 0.238. The van der Waals surface area contributed by atoms with Crippen LogP contribution in [0.5, 0.6) is 0 Å². The van der Waals surface area contributed by atoms with Gasteiger partial charge in [-0.2, -0.15) is 0 Å². The molecule has 0 amide bonds. The average molecular weight is 246 g/mol. The molecule has 0 rings (SSSR count). The molecule has 0 fully saturated rings. The summed E-state index contributed by atoms with van der Waals surface area (Å²) in [6, 6.07) is 0. The van der Waals surface area contributed by atoms with Crippen molar-refractivity contribution in [2.45, 2.75) is 0 Å². The molecule has 0 atom stereocenters. The van der Waals surface area contributed by atoms with E-state index in [1.54, 1.807) is 0 Å². The molecule has 0 heterocycles. The molecule has 0 aliphatic heterocycles. The van der Waals surface area contributed by atoms with E-state index in [1.807, 2.05) is 0 Å². The Labute approximate surface area is 53.1 Å². The molecule has 0 aliphatic rings. The maximum atomic E-state index is 4.70. The van der Waals surface area contributed by atoms with E-state index < -0.39 is 0 Å². The molecule has 0 N–H and O–H groups in total. The van der Waals surface area contributed by atoms with Gasteiger partial charge in [-0.25, -0.2) is 0 Å². The summed E-state index contributed by atoms with van der Waals surface area (Å²) in [6.45, 7) is 0. The molecule has 0 nitrogen and oxygen atoms in total. The molecule has 0 aliphatic carbocycles. The van der Waals surface area contributed by atoms with Crippen molar-refractivity contribution in [1.82, 2.24) is 0 Å². The first kappa shape index (κ1) is 6.78. The molecule has 5 heavy (non-hydrogen) atoms. The van der Waals surface area contributed by atoms with E-state index >= 15 is 0 Å². The molecule has 0 aromatic heterocycles. The summed E-state index contributed by atoms with van der Waals surface area (Å²) < 4.78 is 0. The molecule has 0 saturated carbocycles. The van der Waals surface area contributed by atoms with Gasteiger partial charge in [0.05, 0.1) is 0 Å². The predicted octanol–water partition coefficient (Wildman–Crippen LogP) is -0.118. The Balaban J connectivity index is 3.31. The first-order valence-corrected chi connectivity index (χ1v) is 12.6. The van der Waals surface area contributed by atoms with Crippen LogP contribution in [-0.4, -0.2) is 24.0 Å². The standard InChI is InChI=1S/As2S3/c3-1-2-5-4. The van der Waals surface area contributed by atoms with E-state index in [0.717, 1.165) is 0 Å².